The van der Waals surface area contributed by atoms with Crippen LogP contribution in [-0.2, 0) is 17.1 Å². The van der Waals surface area contributed by atoms with Crippen molar-refractivity contribution < 1.29 is 4.79 Å². The molecule has 0 saturated carbocycles. The van der Waals surface area contributed by atoms with Crippen molar-refractivity contribution in [2.45, 2.75) is 39.5 Å². The monoisotopic (exact) mass is 425 g/mol. The van der Waals surface area contributed by atoms with Crippen molar-refractivity contribution in [1.29, 1.82) is 0 Å². The Balaban J connectivity index is 1.69. The second kappa shape index (κ2) is 10.8. The number of primary amides is 1. The normalized spacial score (nSPS) is 17.8. The highest BCUT2D eigenvalue weighted by Crippen LogP contribution is 2.29. The Kier molecular flexibility index (Phi) is 8.11. The lowest BCUT2D eigenvalue weighted by atomic mass is 10.1. The fourth-order valence-corrected chi connectivity index (χ4v) is 5.95. The third-order valence-electron chi connectivity index (χ3n) is 5.58. The largest absolute Gasteiger partial charge is 0.371 e. The Morgan fingerprint density at radius 2 is 1.87 bits per heavy atom. The summed E-state index contributed by atoms with van der Waals surface area (Å²) in [6.07, 6.45) is 0.855. The molecule has 2 atom stereocenters. The Bertz CT molecular complexity index is 848. The van der Waals surface area contributed by atoms with Crippen molar-refractivity contribution in [2.24, 2.45) is 17.6 Å². The lowest BCUT2D eigenvalue weighted by Crippen LogP contribution is -2.27. The molecule has 30 heavy (non-hydrogen) atoms. The van der Waals surface area contributed by atoms with Crippen LogP contribution in [0.4, 0.5) is 5.69 Å². The van der Waals surface area contributed by atoms with Crippen LogP contribution in [0.5, 0.6) is 0 Å². The molecule has 0 aromatic heterocycles. The van der Waals surface area contributed by atoms with Crippen LogP contribution in [0.3, 0.4) is 0 Å². The summed E-state index contributed by atoms with van der Waals surface area (Å²) in [6, 6.07) is 19.6. The van der Waals surface area contributed by atoms with E-state index in [1.54, 1.807) is 0 Å². The third-order valence-corrected chi connectivity index (χ3v) is 7.70. The summed E-state index contributed by atoms with van der Waals surface area (Å²) in [5.74, 6) is 1.47. The van der Waals surface area contributed by atoms with Gasteiger partial charge in [-0.15, -0.1) is 10.7 Å². The maximum Gasteiger partial charge on any atom is 0.222 e. The first-order chi connectivity index (χ1) is 14.5. The van der Waals surface area contributed by atoms with Crippen molar-refractivity contribution in [3.05, 3.63) is 65.7 Å². The molecule has 4 nitrogen and oxygen atoms in total. The average molecular weight is 426 g/mol. The van der Waals surface area contributed by atoms with Crippen LogP contribution in [0.1, 0.15) is 38.3 Å². The van der Waals surface area contributed by atoms with E-state index in [0.29, 0.717) is 5.92 Å². The van der Waals surface area contributed by atoms with Crippen molar-refractivity contribution in [1.82, 2.24) is 4.31 Å². The molecule has 2 aromatic rings. The van der Waals surface area contributed by atoms with Crippen LogP contribution >= 0.6 is 10.7 Å². The van der Waals surface area contributed by atoms with Gasteiger partial charge in [0.25, 0.3) is 0 Å². The lowest BCUT2D eigenvalue weighted by molar-refractivity contribution is -0.121. The topological polar surface area (TPSA) is 49.6 Å². The van der Waals surface area contributed by atoms with E-state index >= 15 is 0 Å². The van der Waals surface area contributed by atoms with Gasteiger partial charge in [0, 0.05) is 37.6 Å². The molecule has 3 rings (SSSR count). The Morgan fingerprint density at radius 3 is 2.43 bits per heavy atom. The molecule has 1 aliphatic heterocycles. The first-order valence-corrected chi connectivity index (χ1v) is 12.3. The third kappa shape index (κ3) is 6.19. The van der Waals surface area contributed by atoms with Crippen molar-refractivity contribution in [3.63, 3.8) is 0 Å². The molecule has 1 heterocycles. The molecule has 5 heteroatoms. The predicted molar refractivity (Wildman–Crippen MR) is 131 cm³/mol. The first-order valence-electron chi connectivity index (χ1n) is 10.9. The van der Waals surface area contributed by atoms with Crippen LogP contribution in [0.25, 0.3) is 0 Å². The van der Waals surface area contributed by atoms with Crippen LogP contribution in [0, 0.1) is 11.8 Å². The molecule has 1 saturated heterocycles. The molecular formula is C25H35N3OS. The summed E-state index contributed by atoms with van der Waals surface area (Å²) >= 11 is 0. The van der Waals surface area contributed by atoms with Gasteiger partial charge in [0.1, 0.15) is 0 Å². The van der Waals surface area contributed by atoms with Gasteiger partial charge in [-0.2, -0.15) is 0 Å². The van der Waals surface area contributed by atoms with E-state index in [1.807, 2.05) is 0 Å². The molecule has 1 aliphatic rings. The maximum absolute atomic E-state index is 11.5. The molecule has 162 valence electrons. The minimum absolute atomic E-state index is 0.0220. The number of anilines is 1. The van der Waals surface area contributed by atoms with Gasteiger partial charge in [0.05, 0.1) is 5.92 Å². The van der Waals surface area contributed by atoms with Gasteiger partial charge in [0.15, 0.2) is 0 Å². The molecule has 0 radical (unpaired) electrons. The first kappa shape index (κ1) is 22.6. The standard InChI is InChI=1S/C25H35N3OS/c1-4-30(19-22-8-6-5-7-9-22)28(16-20(2)3)17-21-10-12-24(13-11-21)27-15-14-23(18-27)25(26)29/h4-13,20,23H,14-19H2,1-3H3,(H2,26,29). The fourth-order valence-electron chi connectivity index (χ4n) is 3.96. The van der Waals surface area contributed by atoms with E-state index < -0.39 is 0 Å². The molecular weight excluding hydrogens is 390 g/mol. The summed E-state index contributed by atoms with van der Waals surface area (Å²) in [5.41, 5.74) is 9.38. The van der Waals surface area contributed by atoms with Crippen LogP contribution < -0.4 is 10.6 Å². The van der Waals surface area contributed by atoms with Crippen molar-refractivity contribution in [2.75, 3.05) is 24.5 Å². The zero-order valence-corrected chi connectivity index (χ0v) is 19.3. The van der Waals surface area contributed by atoms with Crippen molar-refractivity contribution in [3.8, 4) is 0 Å². The number of carbonyl (C=O) groups excluding carboxylic acids is 1. The highest BCUT2D eigenvalue weighted by molar-refractivity contribution is 8.12. The SMILES string of the molecule is CC=S(Cc1ccccc1)N(Cc1ccc(N2CCC(C(N)=O)C2)cc1)CC(C)C. The van der Waals surface area contributed by atoms with Gasteiger partial charge in [-0.3, -0.25) is 9.10 Å². The summed E-state index contributed by atoms with van der Waals surface area (Å²) < 4.78 is 2.62. The highest BCUT2D eigenvalue weighted by Gasteiger charge is 2.26. The highest BCUT2D eigenvalue weighted by atomic mass is 32.2. The zero-order chi connectivity index (χ0) is 21.5. The van der Waals surface area contributed by atoms with Gasteiger partial charge in [-0.05, 0) is 47.9 Å². The van der Waals surface area contributed by atoms with Gasteiger partial charge in [-0.1, -0.05) is 56.3 Å². The smallest absolute Gasteiger partial charge is 0.222 e. The van der Waals surface area contributed by atoms with E-state index in [9.17, 15) is 4.79 Å². The fraction of sp³-hybridized carbons (Fsp3) is 0.440. The maximum atomic E-state index is 11.5. The second-order valence-corrected chi connectivity index (χ2v) is 10.6. The van der Waals surface area contributed by atoms with Gasteiger partial charge < -0.3 is 10.6 Å². The number of hydrogen-bond acceptors (Lipinski definition) is 3. The summed E-state index contributed by atoms with van der Waals surface area (Å²) in [6.45, 7) is 10.4. The lowest BCUT2D eigenvalue weighted by Gasteiger charge is -2.28. The number of carbonyl (C=O) groups is 1. The van der Waals surface area contributed by atoms with Gasteiger partial charge >= 0.3 is 0 Å². The van der Waals surface area contributed by atoms with E-state index in [4.69, 9.17) is 5.73 Å². The number of hydrogen-bond donors (Lipinski definition) is 1. The van der Waals surface area contributed by atoms with Gasteiger partial charge in [-0.25, -0.2) is 0 Å². The van der Waals surface area contributed by atoms with E-state index in [-0.39, 0.29) is 22.5 Å². The molecule has 0 bridgehead atoms. The quantitative estimate of drug-likeness (QED) is 0.594. The summed E-state index contributed by atoms with van der Waals surface area (Å²) in [4.78, 5) is 13.7. The van der Waals surface area contributed by atoms with E-state index in [0.717, 1.165) is 38.4 Å². The molecule has 1 amide bonds. The van der Waals surface area contributed by atoms with Crippen LogP contribution in [0.2, 0.25) is 0 Å². The molecule has 1 fully saturated rings. The minimum atomic E-state index is -0.181. The average Bonchev–Trinajstić information content (AvgIpc) is 3.23. The van der Waals surface area contributed by atoms with E-state index in [1.165, 1.54) is 16.8 Å². The molecule has 0 spiro atoms. The van der Waals surface area contributed by atoms with E-state index in [2.05, 4.69) is 89.9 Å². The summed E-state index contributed by atoms with van der Waals surface area (Å²) in [5, 5.41) is 2.36. The van der Waals surface area contributed by atoms with Crippen LogP contribution in [0.15, 0.2) is 54.6 Å². The number of amides is 1. The molecule has 2 N–H and O–H groups in total. The molecule has 2 aromatic carbocycles. The Morgan fingerprint density at radius 1 is 1.17 bits per heavy atom. The number of rotatable bonds is 9. The zero-order valence-electron chi connectivity index (χ0n) is 18.5. The Labute approximate surface area is 184 Å². The minimum Gasteiger partial charge on any atom is -0.371 e. The number of nitrogens with two attached hydrogens (primary N) is 1. The molecule has 2 unspecified atom stereocenters. The predicted octanol–water partition coefficient (Wildman–Crippen LogP) is 4.66. The van der Waals surface area contributed by atoms with Crippen LogP contribution in [-0.4, -0.2) is 35.2 Å². The molecule has 0 aliphatic carbocycles. The summed E-state index contributed by atoms with van der Waals surface area (Å²) in [7, 11) is 0.0879. The van der Waals surface area contributed by atoms with Gasteiger partial charge in [0.2, 0.25) is 5.91 Å². The Hall–Kier alpha value is -2.11. The second-order valence-electron chi connectivity index (χ2n) is 8.48. The number of benzene rings is 2. The van der Waals surface area contributed by atoms with Crippen molar-refractivity contribution >= 4 is 27.6 Å². The number of nitrogens with zero attached hydrogens (tertiary/aromatic N) is 2.